The largest absolute Gasteiger partial charge is 0.624 e. The van der Waals surface area contributed by atoms with E-state index < -0.39 is 11.2 Å². The molecule has 0 unspecified atom stereocenters. The van der Waals surface area contributed by atoms with E-state index in [1.165, 1.54) is 24.0 Å². The molecule has 1 aromatic rings. The lowest BCUT2D eigenvalue weighted by molar-refractivity contribution is -0.418. The summed E-state index contributed by atoms with van der Waals surface area (Å²) in [6.45, 7) is 0.119. The molecule has 1 N–H and O–H groups in total. The average Bonchev–Trinajstić information content (AvgIpc) is 2.09. The molecule has 14 heavy (non-hydrogen) atoms. The van der Waals surface area contributed by atoms with Crippen molar-refractivity contribution >= 4 is 22.1 Å². The van der Waals surface area contributed by atoms with Gasteiger partial charge in [-0.2, -0.15) is 0 Å². The summed E-state index contributed by atoms with van der Waals surface area (Å²) in [6.07, 6.45) is 2.60. The molecule has 0 aromatic carbocycles. The lowest BCUT2D eigenvalue weighted by atomic mass is 10.6. The van der Waals surface area contributed by atoms with Crippen molar-refractivity contribution in [2.75, 3.05) is 7.05 Å². The van der Waals surface area contributed by atoms with E-state index in [2.05, 4.69) is 20.9 Å². The van der Waals surface area contributed by atoms with Gasteiger partial charge in [0.05, 0.1) is 4.47 Å². The minimum atomic E-state index is -0.545. The van der Waals surface area contributed by atoms with E-state index in [1.807, 2.05) is 0 Å². The highest BCUT2D eigenvalue weighted by Crippen LogP contribution is 1.96. The number of hydrogen-bond acceptors (Lipinski definition) is 3. The van der Waals surface area contributed by atoms with Crippen LogP contribution in [0.25, 0.3) is 0 Å². The zero-order chi connectivity index (χ0) is 10.7. The Hall–Kier alpha value is -1.37. The summed E-state index contributed by atoms with van der Waals surface area (Å²) >= 11 is 2.98. The van der Waals surface area contributed by atoms with Crippen LogP contribution in [0.4, 0.5) is 0 Å². The Morgan fingerprint density at radius 1 is 1.71 bits per heavy atom. The second-order valence-electron chi connectivity index (χ2n) is 2.62. The average molecular weight is 262 g/mol. The Balaban J connectivity index is 3.11. The van der Waals surface area contributed by atoms with Crippen molar-refractivity contribution in [3.05, 3.63) is 36.7 Å². The zero-order valence-corrected chi connectivity index (χ0v) is 8.94. The molecule has 1 rings (SSSR count). The molecule has 0 bridgehead atoms. The van der Waals surface area contributed by atoms with Gasteiger partial charge in [-0.1, -0.05) is 0 Å². The van der Waals surface area contributed by atoms with Crippen LogP contribution in [0, 0.1) is 5.21 Å². The van der Waals surface area contributed by atoms with Gasteiger partial charge in [0.15, 0.2) is 6.21 Å². The van der Waals surface area contributed by atoms with E-state index in [-0.39, 0.29) is 11.0 Å². The lowest BCUT2D eigenvalue weighted by Gasteiger charge is -2.00. The number of aromatic amines is 1. The first-order valence-electron chi connectivity index (χ1n) is 3.73. The molecule has 0 saturated heterocycles. The predicted molar refractivity (Wildman–Crippen MR) is 54.6 cm³/mol. The Morgan fingerprint density at radius 3 is 2.93 bits per heavy atom. The number of rotatable bonds is 2. The number of nitrogens with one attached hydrogen (secondary N) is 1. The maximum absolute atomic E-state index is 11.2. The van der Waals surface area contributed by atoms with Crippen molar-refractivity contribution in [1.29, 1.82) is 0 Å². The van der Waals surface area contributed by atoms with Gasteiger partial charge in [-0.3, -0.25) is 14.3 Å². The molecular weight excluding hydrogens is 254 g/mol. The summed E-state index contributed by atoms with van der Waals surface area (Å²) in [7, 11) is 1.31. The van der Waals surface area contributed by atoms with Crippen molar-refractivity contribution < 1.29 is 4.74 Å². The first kappa shape index (κ1) is 10.7. The van der Waals surface area contributed by atoms with E-state index in [0.29, 0.717) is 4.74 Å². The fourth-order valence-electron chi connectivity index (χ4n) is 0.821. The van der Waals surface area contributed by atoms with Gasteiger partial charge in [0, 0.05) is 6.20 Å². The van der Waals surface area contributed by atoms with Crippen LogP contribution in [-0.4, -0.2) is 27.6 Å². The van der Waals surface area contributed by atoms with E-state index in [4.69, 9.17) is 0 Å². The summed E-state index contributed by atoms with van der Waals surface area (Å²) in [5.41, 5.74) is -1.03. The van der Waals surface area contributed by atoms with Crippen LogP contribution in [0.1, 0.15) is 0 Å². The maximum atomic E-state index is 11.2. The first-order valence-corrected chi connectivity index (χ1v) is 4.52. The number of halogens is 1. The maximum Gasteiger partial charge on any atom is 0.328 e. The van der Waals surface area contributed by atoms with E-state index in [1.54, 1.807) is 0 Å². The van der Waals surface area contributed by atoms with Crippen molar-refractivity contribution in [2.24, 2.45) is 0 Å². The predicted octanol–water partition coefficient (Wildman–Crippen LogP) is -0.490. The van der Waals surface area contributed by atoms with Crippen molar-refractivity contribution in [3.63, 3.8) is 0 Å². The number of nitrogens with zero attached hydrogens (tertiary/aromatic N) is 2. The quantitative estimate of drug-likeness (QED) is 0.338. The molecule has 0 aliphatic rings. The summed E-state index contributed by atoms with van der Waals surface area (Å²) in [5.74, 6) is 0. The third-order valence-electron chi connectivity index (χ3n) is 1.50. The molecule has 7 heteroatoms. The van der Waals surface area contributed by atoms with Crippen LogP contribution in [0.5, 0.6) is 0 Å². The Bertz CT molecular complexity index is 470. The van der Waals surface area contributed by atoms with Crippen molar-refractivity contribution in [1.82, 2.24) is 9.55 Å². The molecule has 0 radical (unpaired) electrons. The molecule has 0 aliphatic carbocycles. The molecule has 1 heterocycles. The van der Waals surface area contributed by atoms with E-state index in [0.717, 1.165) is 0 Å². The topological polar surface area (TPSA) is 80.9 Å². The molecule has 0 fully saturated rings. The minimum absolute atomic E-state index is 0.119. The fourth-order valence-corrected chi connectivity index (χ4v) is 1.17. The number of hydroxylamine groups is 1. The Morgan fingerprint density at radius 2 is 2.36 bits per heavy atom. The molecule has 1 aromatic heterocycles. The summed E-state index contributed by atoms with van der Waals surface area (Å²) in [4.78, 5) is 24.2. The highest BCUT2D eigenvalue weighted by atomic mass is 79.9. The molecule has 76 valence electrons. The highest BCUT2D eigenvalue weighted by molar-refractivity contribution is 9.10. The zero-order valence-electron chi connectivity index (χ0n) is 7.36. The van der Waals surface area contributed by atoms with Gasteiger partial charge < -0.3 is 5.21 Å². The molecular formula is C7H8BrN3O3. The monoisotopic (exact) mass is 261 g/mol. The summed E-state index contributed by atoms with van der Waals surface area (Å²) in [6, 6.07) is 0. The Labute approximate surface area is 87.2 Å². The Kier molecular flexibility index (Phi) is 3.23. The standard InChI is InChI=1S/C7H8BrN3O3/c1-10(14)2-3-11-4-5(8)6(12)9-7(11)13/h2,4H,3H2,1H3,(H,9,12,13)/b10-2-. The molecule has 0 amide bonds. The van der Waals surface area contributed by atoms with Crippen LogP contribution in [0.15, 0.2) is 20.3 Å². The molecule has 0 atom stereocenters. The van der Waals surface area contributed by atoms with Crippen LogP contribution in [-0.2, 0) is 6.54 Å². The van der Waals surface area contributed by atoms with Crippen LogP contribution >= 0.6 is 15.9 Å². The molecule has 0 aliphatic heterocycles. The number of H-pyrrole nitrogens is 1. The fraction of sp³-hybridized carbons (Fsp3) is 0.286. The summed E-state index contributed by atoms with van der Waals surface area (Å²) < 4.78 is 2.05. The van der Waals surface area contributed by atoms with Gasteiger partial charge in [-0.15, -0.1) is 0 Å². The van der Waals surface area contributed by atoms with Gasteiger partial charge in [0.1, 0.15) is 13.6 Å². The highest BCUT2D eigenvalue weighted by Gasteiger charge is 2.00. The minimum Gasteiger partial charge on any atom is -0.624 e. The van der Waals surface area contributed by atoms with E-state index in [9.17, 15) is 14.8 Å². The normalized spacial score (nSPS) is 11.7. The third kappa shape index (κ3) is 2.56. The molecule has 6 nitrogen and oxygen atoms in total. The summed E-state index contributed by atoms with van der Waals surface area (Å²) in [5, 5.41) is 10.5. The second-order valence-corrected chi connectivity index (χ2v) is 3.47. The molecule has 0 spiro atoms. The van der Waals surface area contributed by atoms with Gasteiger partial charge in [-0.05, 0) is 15.9 Å². The smallest absolute Gasteiger partial charge is 0.328 e. The van der Waals surface area contributed by atoms with Crippen molar-refractivity contribution in [3.8, 4) is 0 Å². The van der Waals surface area contributed by atoms with Crippen LogP contribution in [0.2, 0.25) is 0 Å². The SMILES string of the molecule is C/[N+]([O-])=C/Cn1cc(Br)c(=O)[nH]c1=O. The number of hydrogen-bond donors (Lipinski definition) is 1. The van der Waals surface area contributed by atoms with Crippen LogP contribution < -0.4 is 11.2 Å². The molecule has 0 saturated carbocycles. The van der Waals surface area contributed by atoms with Gasteiger partial charge >= 0.3 is 5.69 Å². The second kappa shape index (κ2) is 4.23. The van der Waals surface area contributed by atoms with Gasteiger partial charge in [-0.25, -0.2) is 9.53 Å². The lowest BCUT2D eigenvalue weighted by Crippen LogP contribution is -2.30. The van der Waals surface area contributed by atoms with Gasteiger partial charge in [0.2, 0.25) is 0 Å². The number of aromatic nitrogens is 2. The van der Waals surface area contributed by atoms with Crippen molar-refractivity contribution in [2.45, 2.75) is 6.54 Å². The van der Waals surface area contributed by atoms with Crippen LogP contribution in [0.3, 0.4) is 0 Å². The van der Waals surface area contributed by atoms with Gasteiger partial charge in [0.25, 0.3) is 5.56 Å². The van der Waals surface area contributed by atoms with E-state index >= 15 is 0 Å². The third-order valence-corrected chi connectivity index (χ3v) is 2.07. The first-order chi connectivity index (χ1) is 6.50.